The van der Waals surface area contributed by atoms with Crippen LogP contribution >= 0.6 is 22.6 Å². The second-order valence-electron chi connectivity index (χ2n) is 5.69. The van der Waals surface area contributed by atoms with Crippen molar-refractivity contribution in [3.05, 3.63) is 33.1 Å². The molecule has 0 heterocycles. The third kappa shape index (κ3) is 2.33. The molecule has 18 heavy (non-hydrogen) atoms. The van der Waals surface area contributed by atoms with Gasteiger partial charge in [0.15, 0.2) is 5.78 Å². The summed E-state index contributed by atoms with van der Waals surface area (Å²) < 4.78 is 13.8. The number of benzene rings is 1. The molecule has 0 aliphatic heterocycles. The van der Waals surface area contributed by atoms with Crippen molar-refractivity contribution in [2.24, 2.45) is 17.8 Å². The summed E-state index contributed by atoms with van der Waals surface area (Å²) in [6.45, 7) is 0. The second-order valence-corrected chi connectivity index (χ2v) is 6.85. The van der Waals surface area contributed by atoms with Crippen LogP contribution < -0.4 is 0 Å². The normalized spacial score (nSPS) is 29.8. The van der Waals surface area contributed by atoms with Gasteiger partial charge in [-0.05, 0) is 77.8 Å². The standard InChI is InChI=1S/C15H16FIO/c16-12-3-4-13(14(17)8-12)15(18)7-11-6-9-1-2-10(11)5-9/h3-4,8-11H,1-2,5-7H2. The maximum atomic E-state index is 13.0. The van der Waals surface area contributed by atoms with Gasteiger partial charge in [0.25, 0.3) is 0 Å². The molecule has 0 radical (unpaired) electrons. The molecular formula is C15H16FIO. The Kier molecular flexibility index (Phi) is 3.43. The third-order valence-electron chi connectivity index (χ3n) is 4.56. The number of carbonyl (C=O) groups is 1. The molecule has 1 aromatic carbocycles. The minimum atomic E-state index is -0.268. The molecule has 3 atom stereocenters. The summed E-state index contributed by atoms with van der Waals surface area (Å²) in [6, 6.07) is 4.46. The molecule has 0 aromatic heterocycles. The lowest BCUT2D eigenvalue weighted by Crippen LogP contribution is -2.16. The number of hydrogen-bond donors (Lipinski definition) is 0. The lowest BCUT2D eigenvalue weighted by atomic mass is 9.84. The summed E-state index contributed by atoms with van der Waals surface area (Å²) in [6.07, 6.45) is 5.89. The molecule has 0 N–H and O–H groups in total. The van der Waals surface area contributed by atoms with Gasteiger partial charge >= 0.3 is 0 Å². The van der Waals surface area contributed by atoms with E-state index in [0.717, 1.165) is 15.4 Å². The largest absolute Gasteiger partial charge is 0.294 e. The van der Waals surface area contributed by atoms with E-state index in [1.165, 1.54) is 37.8 Å². The number of carbonyl (C=O) groups excluding carboxylic acids is 1. The van der Waals surface area contributed by atoms with Crippen LogP contribution in [0.3, 0.4) is 0 Å². The second kappa shape index (κ2) is 4.91. The van der Waals surface area contributed by atoms with E-state index in [0.29, 0.717) is 17.9 Å². The molecule has 2 saturated carbocycles. The van der Waals surface area contributed by atoms with Crippen LogP contribution in [0.15, 0.2) is 18.2 Å². The molecular weight excluding hydrogens is 342 g/mol. The highest BCUT2D eigenvalue weighted by molar-refractivity contribution is 14.1. The van der Waals surface area contributed by atoms with Crippen molar-refractivity contribution < 1.29 is 9.18 Å². The van der Waals surface area contributed by atoms with E-state index < -0.39 is 0 Å². The van der Waals surface area contributed by atoms with Crippen LogP contribution in [-0.4, -0.2) is 5.78 Å². The predicted octanol–water partition coefficient (Wildman–Crippen LogP) is 4.44. The fraction of sp³-hybridized carbons (Fsp3) is 0.533. The topological polar surface area (TPSA) is 17.1 Å². The summed E-state index contributed by atoms with van der Waals surface area (Å²) in [4.78, 5) is 12.3. The van der Waals surface area contributed by atoms with Crippen molar-refractivity contribution in [1.82, 2.24) is 0 Å². The number of hydrogen-bond acceptors (Lipinski definition) is 1. The summed E-state index contributed by atoms with van der Waals surface area (Å²) in [5.41, 5.74) is 0.694. The number of halogens is 2. The highest BCUT2D eigenvalue weighted by Gasteiger charge is 2.40. The Hall–Kier alpha value is -0.450. The molecule has 96 valence electrons. The van der Waals surface area contributed by atoms with Crippen LogP contribution in [0, 0.1) is 27.1 Å². The first kappa shape index (κ1) is 12.6. The van der Waals surface area contributed by atoms with Crippen LogP contribution in [-0.2, 0) is 0 Å². The monoisotopic (exact) mass is 358 g/mol. The van der Waals surface area contributed by atoms with Gasteiger partial charge in [0.1, 0.15) is 5.82 Å². The van der Waals surface area contributed by atoms with Crippen molar-refractivity contribution >= 4 is 28.4 Å². The van der Waals surface area contributed by atoms with Gasteiger partial charge in [0, 0.05) is 15.6 Å². The van der Waals surface area contributed by atoms with Crippen LogP contribution in [0.25, 0.3) is 0 Å². The lowest BCUT2D eigenvalue weighted by molar-refractivity contribution is 0.0943. The van der Waals surface area contributed by atoms with Crippen LogP contribution in [0.4, 0.5) is 4.39 Å². The number of ketones is 1. The Morgan fingerprint density at radius 1 is 1.33 bits per heavy atom. The average Bonchev–Trinajstić information content (AvgIpc) is 2.90. The van der Waals surface area contributed by atoms with Gasteiger partial charge in [-0.1, -0.05) is 6.42 Å². The first-order valence-corrected chi connectivity index (χ1v) is 7.69. The molecule has 1 nitrogen and oxygen atoms in total. The molecule has 3 unspecified atom stereocenters. The summed E-state index contributed by atoms with van der Waals surface area (Å²) in [5, 5.41) is 0. The van der Waals surface area contributed by atoms with Crippen LogP contribution in [0.5, 0.6) is 0 Å². The molecule has 0 amide bonds. The van der Waals surface area contributed by atoms with Crippen molar-refractivity contribution in [3.63, 3.8) is 0 Å². The maximum absolute atomic E-state index is 13.0. The van der Waals surface area contributed by atoms with Gasteiger partial charge in [-0.15, -0.1) is 0 Å². The Bertz CT molecular complexity index is 485. The van der Waals surface area contributed by atoms with Crippen LogP contribution in [0.1, 0.15) is 42.5 Å². The Labute approximate surface area is 120 Å². The van der Waals surface area contributed by atoms with E-state index in [-0.39, 0.29) is 11.6 Å². The zero-order chi connectivity index (χ0) is 12.7. The van der Waals surface area contributed by atoms with Crippen molar-refractivity contribution in [2.75, 3.05) is 0 Å². The van der Waals surface area contributed by atoms with E-state index >= 15 is 0 Å². The third-order valence-corrected chi connectivity index (χ3v) is 5.46. The average molecular weight is 358 g/mol. The molecule has 3 rings (SSSR count). The predicted molar refractivity (Wildman–Crippen MR) is 77.0 cm³/mol. The summed E-state index contributed by atoms with van der Waals surface area (Å²) in [5.74, 6) is 2.15. The smallest absolute Gasteiger partial charge is 0.164 e. The SMILES string of the molecule is O=C(CC1CC2CCC1C2)c1ccc(F)cc1I. The van der Waals surface area contributed by atoms with Gasteiger partial charge < -0.3 is 0 Å². The molecule has 2 aliphatic rings. The summed E-state index contributed by atoms with van der Waals surface area (Å²) in [7, 11) is 0. The minimum Gasteiger partial charge on any atom is -0.294 e. The Morgan fingerprint density at radius 3 is 2.78 bits per heavy atom. The van der Waals surface area contributed by atoms with Crippen molar-refractivity contribution in [2.45, 2.75) is 32.1 Å². The highest BCUT2D eigenvalue weighted by Crippen LogP contribution is 2.49. The Balaban J connectivity index is 1.71. The fourth-order valence-electron chi connectivity index (χ4n) is 3.69. The van der Waals surface area contributed by atoms with Gasteiger partial charge in [-0.2, -0.15) is 0 Å². The van der Waals surface area contributed by atoms with E-state index in [2.05, 4.69) is 22.6 Å². The number of Topliss-reactive ketones (excluding diaryl/α,β-unsaturated/α-hetero) is 1. The molecule has 1 aromatic rings. The molecule has 2 bridgehead atoms. The fourth-order valence-corrected chi connectivity index (χ4v) is 4.47. The zero-order valence-corrected chi connectivity index (χ0v) is 12.3. The Morgan fingerprint density at radius 2 is 2.17 bits per heavy atom. The number of rotatable bonds is 3. The maximum Gasteiger partial charge on any atom is 0.164 e. The van der Waals surface area contributed by atoms with E-state index in [4.69, 9.17) is 0 Å². The minimum absolute atomic E-state index is 0.192. The summed E-state index contributed by atoms with van der Waals surface area (Å²) >= 11 is 2.05. The molecule has 3 heteroatoms. The molecule has 2 aliphatic carbocycles. The number of fused-ring (bicyclic) bond motifs is 2. The van der Waals surface area contributed by atoms with Gasteiger partial charge in [0.05, 0.1) is 0 Å². The molecule has 0 saturated heterocycles. The quantitative estimate of drug-likeness (QED) is 0.577. The van der Waals surface area contributed by atoms with Crippen molar-refractivity contribution in [3.8, 4) is 0 Å². The van der Waals surface area contributed by atoms with Crippen molar-refractivity contribution in [1.29, 1.82) is 0 Å². The molecule has 0 spiro atoms. The van der Waals surface area contributed by atoms with Crippen LogP contribution in [0.2, 0.25) is 0 Å². The van der Waals surface area contributed by atoms with E-state index in [9.17, 15) is 9.18 Å². The highest BCUT2D eigenvalue weighted by atomic mass is 127. The van der Waals surface area contributed by atoms with E-state index in [1.54, 1.807) is 6.07 Å². The zero-order valence-electron chi connectivity index (χ0n) is 10.2. The van der Waals surface area contributed by atoms with Gasteiger partial charge in [-0.3, -0.25) is 4.79 Å². The lowest BCUT2D eigenvalue weighted by Gasteiger charge is -2.20. The first-order chi connectivity index (χ1) is 8.63. The van der Waals surface area contributed by atoms with E-state index in [1.807, 2.05) is 0 Å². The van der Waals surface area contributed by atoms with Gasteiger partial charge in [0.2, 0.25) is 0 Å². The molecule has 2 fully saturated rings. The first-order valence-electron chi connectivity index (χ1n) is 6.61. The van der Waals surface area contributed by atoms with Gasteiger partial charge in [-0.25, -0.2) is 4.39 Å².